The Morgan fingerprint density at radius 2 is 1.77 bits per heavy atom. The molecule has 2 N–H and O–H groups in total. The van der Waals surface area contributed by atoms with Crippen LogP contribution in [0.4, 0.5) is 11.6 Å². The Bertz CT molecular complexity index is 1300. The first kappa shape index (κ1) is 23.2. The van der Waals surface area contributed by atoms with Crippen molar-refractivity contribution in [2.24, 2.45) is 7.05 Å². The molecule has 0 atom stereocenters. The number of nitrogens with zero attached hydrogens (tertiary/aromatic N) is 5. The molecule has 4 aromatic rings. The highest BCUT2D eigenvalue weighted by Crippen LogP contribution is 2.34. The quantitative estimate of drug-likeness (QED) is 0.360. The lowest BCUT2D eigenvalue weighted by Gasteiger charge is -2.29. The molecule has 3 heterocycles. The predicted molar refractivity (Wildman–Crippen MR) is 141 cm³/mol. The summed E-state index contributed by atoms with van der Waals surface area (Å²) in [7, 11) is 1.89. The van der Waals surface area contributed by atoms with Crippen LogP contribution in [0.3, 0.4) is 0 Å². The van der Waals surface area contributed by atoms with Gasteiger partial charge in [0, 0.05) is 56.2 Å². The summed E-state index contributed by atoms with van der Waals surface area (Å²) in [6, 6.07) is 16.4. The highest BCUT2D eigenvalue weighted by Gasteiger charge is 2.17. The Hall–Kier alpha value is -3.56. The average Bonchev–Trinajstić information content (AvgIpc) is 3.31. The zero-order valence-electron chi connectivity index (χ0n) is 20.2. The second-order valence-electron chi connectivity index (χ2n) is 8.53. The van der Waals surface area contributed by atoms with Crippen LogP contribution in [-0.4, -0.2) is 45.9 Å². The van der Waals surface area contributed by atoms with Gasteiger partial charge in [-0.2, -0.15) is 10.1 Å². The van der Waals surface area contributed by atoms with Crippen molar-refractivity contribution in [3.8, 4) is 22.9 Å². The molecule has 1 aliphatic heterocycles. The molecule has 0 aliphatic carbocycles. The maximum Gasteiger partial charge on any atom is 0.237 e. The van der Waals surface area contributed by atoms with Gasteiger partial charge in [-0.05, 0) is 55.6 Å². The summed E-state index contributed by atoms with van der Waals surface area (Å²) < 4.78 is 11.3. The average molecular weight is 488 g/mol. The van der Waals surface area contributed by atoms with Crippen LogP contribution in [0.25, 0.3) is 11.3 Å². The number of aromatic nitrogens is 4. The first-order valence-corrected chi connectivity index (χ1v) is 12.5. The van der Waals surface area contributed by atoms with E-state index in [2.05, 4.69) is 51.2 Å². The highest BCUT2D eigenvalue weighted by atomic mass is 32.2. The molecule has 35 heavy (non-hydrogen) atoms. The third-order valence-corrected chi connectivity index (χ3v) is 6.71. The minimum Gasteiger partial charge on any atom is -0.439 e. The number of aryl methyl sites for hydroxylation is 2. The SMILES string of the molecule is Cc1ccccc1-c1nc(NSc2cnn(C)c2)nc(Oc2ccc(N3CCNCC3)cc2)c1C. The van der Waals surface area contributed by atoms with E-state index in [4.69, 9.17) is 14.7 Å². The molecule has 2 aromatic carbocycles. The van der Waals surface area contributed by atoms with E-state index < -0.39 is 0 Å². The molecule has 0 unspecified atom stereocenters. The lowest BCUT2D eigenvalue weighted by atomic mass is 10.0. The third-order valence-electron chi connectivity index (χ3n) is 5.98. The maximum atomic E-state index is 6.30. The molecule has 0 saturated carbocycles. The fourth-order valence-corrected chi connectivity index (χ4v) is 4.66. The molecule has 0 amide bonds. The Morgan fingerprint density at radius 3 is 2.49 bits per heavy atom. The van der Waals surface area contributed by atoms with Crippen LogP contribution in [0.1, 0.15) is 11.1 Å². The van der Waals surface area contributed by atoms with Crippen LogP contribution in [0.2, 0.25) is 0 Å². The van der Waals surface area contributed by atoms with Gasteiger partial charge in [-0.3, -0.25) is 9.40 Å². The van der Waals surface area contributed by atoms with Crippen molar-refractivity contribution < 1.29 is 4.74 Å². The molecule has 0 spiro atoms. The predicted octanol–water partition coefficient (Wildman–Crippen LogP) is 4.82. The van der Waals surface area contributed by atoms with Crippen molar-refractivity contribution in [3.05, 3.63) is 72.1 Å². The third kappa shape index (κ3) is 5.41. The molecule has 0 radical (unpaired) electrons. The monoisotopic (exact) mass is 487 g/mol. The lowest BCUT2D eigenvalue weighted by Crippen LogP contribution is -2.43. The summed E-state index contributed by atoms with van der Waals surface area (Å²) in [6.45, 7) is 8.12. The van der Waals surface area contributed by atoms with Crippen LogP contribution in [0.15, 0.2) is 65.8 Å². The van der Waals surface area contributed by atoms with Crippen LogP contribution in [0.5, 0.6) is 11.6 Å². The number of rotatable bonds is 7. The van der Waals surface area contributed by atoms with E-state index in [9.17, 15) is 0 Å². The van der Waals surface area contributed by atoms with Crippen molar-refractivity contribution in [3.63, 3.8) is 0 Å². The minimum absolute atomic E-state index is 0.482. The van der Waals surface area contributed by atoms with Gasteiger partial charge in [0.25, 0.3) is 0 Å². The van der Waals surface area contributed by atoms with E-state index in [-0.39, 0.29) is 0 Å². The number of hydrogen-bond acceptors (Lipinski definition) is 8. The molecule has 2 aromatic heterocycles. The zero-order valence-corrected chi connectivity index (χ0v) is 21.0. The normalized spacial score (nSPS) is 13.6. The number of hydrogen-bond donors (Lipinski definition) is 2. The van der Waals surface area contributed by atoms with Crippen molar-refractivity contribution in [2.45, 2.75) is 18.7 Å². The Balaban J connectivity index is 1.44. The molecule has 0 bridgehead atoms. The first-order valence-electron chi connectivity index (χ1n) is 11.7. The number of ether oxygens (including phenoxy) is 1. The highest BCUT2D eigenvalue weighted by molar-refractivity contribution is 8.00. The molecule has 180 valence electrons. The van der Waals surface area contributed by atoms with E-state index in [0.717, 1.165) is 59.2 Å². The van der Waals surface area contributed by atoms with Crippen LogP contribution < -0.4 is 19.7 Å². The van der Waals surface area contributed by atoms with Gasteiger partial charge in [0.2, 0.25) is 11.8 Å². The van der Waals surface area contributed by atoms with Gasteiger partial charge >= 0.3 is 0 Å². The fourth-order valence-electron chi connectivity index (χ4n) is 4.06. The maximum absolute atomic E-state index is 6.30. The van der Waals surface area contributed by atoms with Gasteiger partial charge in [-0.1, -0.05) is 24.3 Å². The number of benzene rings is 2. The smallest absolute Gasteiger partial charge is 0.237 e. The summed E-state index contributed by atoms with van der Waals surface area (Å²) in [4.78, 5) is 12.9. The van der Waals surface area contributed by atoms with E-state index in [1.165, 1.54) is 17.6 Å². The molecular formula is C26H29N7OS. The molecule has 5 rings (SSSR count). The first-order chi connectivity index (χ1) is 17.1. The van der Waals surface area contributed by atoms with Gasteiger partial charge in [0.1, 0.15) is 5.75 Å². The van der Waals surface area contributed by atoms with Gasteiger partial charge < -0.3 is 15.0 Å². The Morgan fingerprint density at radius 1 is 1.00 bits per heavy atom. The van der Waals surface area contributed by atoms with E-state index in [1.807, 2.05) is 44.4 Å². The van der Waals surface area contributed by atoms with E-state index in [0.29, 0.717) is 11.8 Å². The number of anilines is 2. The van der Waals surface area contributed by atoms with Crippen molar-refractivity contribution in [2.75, 3.05) is 35.8 Å². The summed E-state index contributed by atoms with van der Waals surface area (Å²) in [6.07, 6.45) is 3.73. The molecule has 9 heteroatoms. The molecular weight excluding hydrogens is 458 g/mol. The van der Waals surface area contributed by atoms with Crippen molar-refractivity contribution in [1.29, 1.82) is 0 Å². The second kappa shape index (κ2) is 10.4. The van der Waals surface area contributed by atoms with Crippen LogP contribution in [0, 0.1) is 13.8 Å². The van der Waals surface area contributed by atoms with E-state index in [1.54, 1.807) is 10.9 Å². The second-order valence-corrected chi connectivity index (χ2v) is 9.41. The Kier molecular flexibility index (Phi) is 6.87. The molecule has 1 fully saturated rings. The minimum atomic E-state index is 0.482. The number of nitrogens with one attached hydrogen (secondary N) is 2. The standard InChI is InChI=1S/C26H29N7OS/c1-18-6-4-5-7-23(18)24-19(2)25(30-26(29-24)31-35-22-16-28-32(3)17-22)34-21-10-8-20(9-11-21)33-14-12-27-13-15-33/h4-11,16-17,27H,12-15H2,1-3H3,(H,29,30,31). The van der Waals surface area contributed by atoms with Crippen molar-refractivity contribution in [1.82, 2.24) is 25.1 Å². The topological polar surface area (TPSA) is 80.1 Å². The van der Waals surface area contributed by atoms with Crippen molar-refractivity contribution >= 4 is 23.6 Å². The van der Waals surface area contributed by atoms with Crippen LogP contribution in [-0.2, 0) is 7.05 Å². The number of piperazine rings is 1. The van der Waals surface area contributed by atoms with E-state index >= 15 is 0 Å². The molecule has 1 aliphatic rings. The summed E-state index contributed by atoms with van der Waals surface area (Å²) in [5, 5.41) is 7.61. The zero-order chi connectivity index (χ0) is 24.2. The lowest BCUT2D eigenvalue weighted by molar-refractivity contribution is 0.459. The fraction of sp³-hybridized carbons (Fsp3) is 0.269. The molecule has 1 saturated heterocycles. The molecule has 8 nitrogen and oxygen atoms in total. The largest absolute Gasteiger partial charge is 0.439 e. The summed E-state index contributed by atoms with van der Waals surface area (Å²) in [5.41, 5.74) is 5.14. The van der Waals surface area contributed by atoms with Gasteiger partial charge in [-0.25, -0.2) is 4.98 Å². The van der Waals surface area contributed by atoms with Gasteiger partial charge in [-0.15, -0.1) is 0 Å². The van der Waals surface area contributed by atoms with Gasteiger partial charge in [0.05, 0.1) is 16.8 Å². The van der Waals surface area contributed by atoms with Gasteiger partial charge in [0.15, 0.2) is 0 Å². The summed E-state index contributed by atoms with van der Waals surface area (Å²) in [5.74, 6) is 1.75. The Labute approximate surface area is 209 Å². The van der Waals surface area contributed by atoms with Crippen LogP contribution >= 0.6 is 11.9 Å². The summed E-state index contributed by atoms with van der Waals surface area (Å²) >= 11 is 1.42.